The maximum absolute atomic E-state index is 12.3. The summed E-state index contributed by atoms with van der Waals surface area (Å²) in [6, 6.07) is 0. The van der Waals surface area contributed by atoms with E-state index in [0.717, 1.165) is 52.2 Å². The summed E-state index contributed by atoms with van der Waals surface area (Å²) in [5.74, 6) is 0.535. The van der Waals surface area contributed by atoms with Crippen molar-refractivity contribution in [3.8, 4) is 0 Å². The molecule has 2 fully saturated rings. The molecule has 0 amide bonds. The average molecular weight is 479 g/mol. The van der Waals surface area contributed by atoms with Crippen molar-refractivity contribution in [3.63, 3.8) is 0 Å². The number of nitrogens with two attached hydrogens (primary N) is 1. The molecule has 0 bridgehead atoms. The van der Waals surface area contributed by atoms with E-state index in [1.54, 1.807) is 0 Å². The molecule has 2 heterocycles. The van der Waals surface area contributed by atoms with E-state index in [0.29, 0.717) is 25.6 Å². The molecule has 0 saturated carbocycles. The van der Waals surface area contributed by atoms with Gasteiger partial charge in [0, 0.05) is 32.7 Å². The normalized spacial score (nSPS) is 23.5. The smallest absolute Gasteiger partial charge is 0.379 e. The van der Waals surface area contributed by atoms with Crippen LogP contribution in [-0.4, -0.2) is 87.5 Å². The highest BCUT2D eigenvalue weighted by Gasteiger charge is 2.34. The zero-order valence-corrected chi connectivity index (χ0v) is 16.8. The highest BCUT2D eigenvalue weighted by molar-refractivity contribution is 14.0. The Hall–Kier alpha value is -0.330. The first-order chi connectivity index (χ1) is 11.4. The summed E-state index contributed by atoms with van der Waals surface area (Å²) in [6.07, 6.45) is -2.41. The monoisotopic (exact) mass is 479 g/mol. The van der Waals surface area contributed by atoms with Crippen molar-refractivity contribution in [1.82, 2.24) is 15.1 Å². The fraction of sp³-hybridized carbons (Fsp3) is 0.933. The lowest BCUT2D eigenvalue weighted by Gasteiger charge is -2.26. The van der Waals surface area contributed by atoms with E-state index in [1.165, 1.54) is 4.90 Å². The van der Waals surface area contributed by atoms with Gasteiger partial charge in [0.25, 0.3) is 0 Å². The minimum Gasteiger partial charge on any atom is -0.379 e. The Morgan fingerprint density at radius 1 is 1.20 bits per heavy atom. The van der Waals surface area contributed by atoms with Crippen LogP contribution in [0.5, 0.6) is 0 Å². The SMILES string of the molecule is I.NC(=NCC1CCN(CC(F)(F)F)C1)NCCCN1CCOCC1. The molecule has 1 unspecified atom stereocenters. The van der Waals surface area contributed by atoms with Gasteiger partial charge < -0.3 is 15.8 Å². The number of halogens is 4. The number of nitrogens with one attached hydrogen (secondary N) is 1. The van der Waals surface area contributed by atoms with Crippen molar-refractivity contribution in [1.29, 1.82) is 0 Å². The molecular formula is C15H29F3IN5O. The molecule has 2 rings (SSSR count). The highest BCUT2D eigenvalue weighted by Crippen LogP contribution is 2.22. The highest BCUT2D eigenvalue weighted by atomic mass is 127. The van der Waals surface area contributed by atoms with Gasteiger partial charge in [-0.15, -0.1) is 24.0 Å². The van der Waals surface area contributed by atoms with Crippen LogP contribution < -0.4 is 11.1 Å². The molecule has 2 saturated heterocycles. The van der Waals surface area contributed by atoms with Gasteiger partial charge in [-0.1, -0.05) is 0 Å². The van der Waals surface area contributed by atoms with E-state index < -0.39 is 12.7 Å². The average Bonchev–Trinajstić information content (AvgIpc) is 2.96. The van der Waals surface area contributed by atoms with Gasteiger partial charge in [0.15, 0.2) is 5.96 Å². The molecule has 0 spiro atoms. The van der Waals surface area contributed by atoms with Gasteiger partial charge in [-0.3, -0.25) is 14.8 Å². The van der Waals surface area contributed by atoms with Crippen molar-refractivity contribution >= 4 is 29.9 Å². The fourth-order valence-corrected chi connectivity index (χ4v) is 3.09. The lowest BCUT2D eigenvalue weighted by Crippen LogP contribution is -2.39. The van der Waals surface area contributed by atoms with E-state index in [9.17, 15) is 13.2 Å². The van der Waals surface area contributed by atoms with Gasteiger partial charge in [-0.05, 0) is 31.8 Å². The molecule has 0 aromatic heterocycles. The summed E-state index contributed by atoms with van der Waals surface area (Å²) in [4.78, 5) is 8.05. The van der Waals surface area contributed by atoms with Gasteiger partial charge in [0.05, 0.1) is 19.8 Å². The molecule has 6 nitrogen and oxygen atoms in total. The quantitative estimate of drug-likeness (QED) is 0.248. The molecule has 25 heavy (non-hydrogen) atoms. The first-order valence-corrected chi connectivity index (χ1v) is 8.55. The zero-order chi connectivity index (χ0) is 17.4. The second kappa shape index (κ2) is 11.4. The second-order valence-electron chi connectivity index (χ2n) is 6.47. The number of alkyl halides is 3. The summed E-state index contributed by atoms with van der Waals surface area (Å²) in [5.41, 5.74) is 5.82. The largest absolute Gasteiger partial charge is 0.401 e. The summed E-state index contributed by atoms with van der Waals surface area (Å²) < 4.78 is 42.3. The van der Waals surface area contributed by atoms with Crippen molar-refractivity contribution in [3.05, 3.63) is 0 Å². The Labute approximate surface area is 164 Å². The number of ether oxygens (including phenoxy) is 1. The first kappa shape index (κ1) is 22.7. The number of likely N-dealkylation sites (tertiary alicyclic amines) is 1. The van der Waals surface area contributed by atoms with E-state index in [2.05, 4.69) is 15.2 Å². The number of rotatable bonds is 7. The molecule has 0 aromatic rings. The predicted octanol–water partition coefficient (Wildman–Crippen LogP) is 1.12. The Morgan fingerprint density at radius 3 is 2.60 bits per heavy atom. The van der Waals surface area contributed by atoms with Crippen LogP contribution in [0.1, 0.15) is 12.8 Å². The molecule has 0 radical (unpaired) electrons. The fourth-order valence-electron chi connectivity index (χ4n) is 3.09. The molecule has 2 aliphatic rings. The van der Waals surface area contributed by atoms with Gasteiger partial charge in [-0.25, -0.2) is 0 Å². The third-order valence-corrected chi connectivity index (χ3v) is 4.35. The molecular weight excluding hydrogens is 450 g/mol. The number of hydrogen-bond acceptors (Lipinski definition) is 4. The van der Waals surface area contributed by atoms with Crippen LogP contribution >= 0.6 is 24.0 Å². The van der Waals surface area contributed by atoms with Crippen molar-refractivity contribution in [2.24, 2.45) is 16.6 Å². The van der Waals surface area contributed by atoms with Gasteiger partial charge in [0.2, 0.25) is 0 Å². The summed E-state index contributed by atoms with van der Waals surface area (Å²) in [7, 11) is 0. The minimum absolute atomic E-state index is 0. The second-order valence-corrected chi connectivity index (χ2v) is 6.47. The Kier molecular flexibility index (Phi) is 10.4. The van der Waals surface area contributed by atoms with Crippen LogP contribution in [-0.2, 0) is 4.74 Å². The van der Waals surface area contributed by atoms with Crippen molar-refractivity contribution < 1.29 is 17.9 Å². The van der Waals surface area contributed by atoms with Gasteiger partial charge >= 0.3 is 6.18 Å². The minimum atomic E-state index is -4.13. The number of aliphatic imine (C=N–C) groups is 1. The van der Waals surface area contributed by atoms with E-state index in [4.69, 9.17) is 10.5 Å². The number of guanidine groups is 1. The van der Waals surface area contributed by atoms with E-state index >= 15 is 0 Å². The maximum Gasteiger partial charge on any atom is 0.401 e. The lowest BCUT2D eigenvalue weighted by atomic mass is 10.1. The van der Waals surface area contributed by atoms with Crippen LogP contribution in [0.15, 0.2) is 4.99 Å². The third kappa shape index (κ3) is 9.80. The summed E-state index contributed by atoms with van der Waals surface area (Å²) in [5, 5.41) is 3.07. The molecule has 148 valence electrons. The third-order valence-electron chi connectivity index (χ3n) is 4.35. The standard InChI is InChI=1S/C15H28F3N5O.HI/c16-15(17,18)12-23-5-2-13(11-23)10-21-14(19)20-3-1-4-22-6-8-24-9-7-22;/h13H,1-12H2,(H3,19,20,21);1H. The Morgan fingerprint density at radius 2 is 1.92 bits per heavy atom. The predicted molar refractivity (Wildman–Crippen MR) is 102 cm³/mol. The Bertz CT molecular complexity index is 405. The maximum atomic E-state index is 12.3. The number of morpholine rings is 1. The molecule has 2 aliphatic heterocycles. The zero-order valence-electron chi connectivity index (χ0n) is 14.4. The van der Waals surface area contributed by atoms with Gasteiger partial charge in [-0.2, -0.15) is 13.2 Å². The molecule has 10 heteroatoms. The lowest BCUT2D eigenvalue weighted by molar-refractivity contribution is -0.143. The molecule has 3 N–H and O–H groups in total. The number of hydrogen-bond donors (Lipinski definition) is 2. The van der Waals surface area contributed by atoms with Gasteiger partial charge in [0.1, 0.15) is 0 Å². The van der Waals surface area contributed by atoms with Crippen LogP contribution in [0.4, 0.5) is 13.2 Å². The van der Waals surface area contributed by atoms with Crippen LogP contribution in [0, 0.1) is 5.92 Å². The number of nitrogens with zero attached hydrogens (tertiary/aromatic N) is 3. The molecule has 0 aromatic carbocycles. The van der Waals surface area contributed by atoms with Crippen LogP contribution in [0.2, 0.25) is 0 Å². The van der Waals surface area contributed by atoms with Crippen LogP contribution in [0.25, 0.3) is 0 Å². The summed E-state index contributed by atoms with van der Waals surface area (Å²) >= 11 is 0. The topological polar surface area (TPSA) is 66.1 Å². The first-order valence-electron chi connectivity index (χ1n) is 8.55. The molecule has 1 atom stereocenters. The van der Waals surface area contributed by atoms with Crippen molar-refractivity contribution in [2.45, 2.75) is 19.0 Å². The van der Waals surface area contributed by atoms with Crippen molar-refractivity contribution in [2.75, 3.05) is 65.6 Å². The Balaban J connectivity index is 0.00000312. The van der Waals surface area contributed by atoms with Crippen LogP contribution in [0.3, 0.4) is 0 Å². The summed E-state index contributed by atoms with van der Waals surface area (Å²) in [6.45, 7) is 5.85. The van der Waals surface area contributed by atoms with E-state index in [1.807, 2.05) is 0 Å². The van der Waals surface area contributed by atoms with E-state index in [-0.39, 0.29) is 29.9 Å². The molecule has 0 aliphatic carbocycles.